The first-order valence-electron chi connectivity index (χ1n) is 10.7. The van der Waals surface area contributed by atoms with Crippen LogP contribution in [0.1, 0.15) is 36.0 Å². The third kappa shape index (κ3) is 5.39. The fraction of sp³-hybridized carbons (Fsp3) is 0.400. The number of hydrogen-bond donors (Lipinski definition) is 2. The standard InChI is InChI=1S/C25H33N3O3/c1-6-17-8-7-9-21-23(16-27-25(17)21)22(15-24(29)26-10-11-28(2)3)18-12-19(30-4)14-20(13-18)31-5/h7-9,12-14,16,22,27H,6,10-11,15H2,1-5H3,(H,26,29). The number of benzene rings is 2. The van der Waals surface area contributed by atoms with Gasteiger partial charge < -0.3 is 24.7 Å². The highest BCUT2D eigenvalue weighted by Gasteiger charge is 2.23. The third-order valence-corrected chi connectivity index (χ3v) is 5.64. The molecule has 166 valence electrons. The molecule has 0 aliphatic heterocycles. The highest BCUT2D eigenvalue weighted by Crippen LogP contribution is 2.37. The molecule has 3 rings (SSSR count). The molecule has 6 heteroatoms. The molecule has 1 atom stereocenters. The number of ether oxygens (including phenoxy) is 2. The van der Waals surface area contributed by atoms with E-state index in [1.165, 1.54) is 5.56 Å². The summed E-state index contributed by atoms with van der Waals surface area (Å²) in [5.41, 5.74) is 4.49. The molecule has 1 aromatic heterocycles. The highest BCUT2D eigenvalue weighted by molar-refractivity contribution is 5.88. The number of H-pyrrole nitrogens is 1. The van der Waals surface area contributed by atoms with E-state index in [4.69, 9.17) is 9.47 Å². The fourth-order valence-electron chi connectivity index (χ4n) is 3.94. The smallest absolute Gasteiger partial charge is 0.220 e. The lowest BCUT2D eigenvalue weighted by Gasteiger charge is -2.19. The summed E-state index contributed by atoms with van der Waals surface area (Å²) < 4.78 is 11.0. The monoisotopic (exact) mass is 423 g/mol. The Kier molecular flexibility index (Phi) is 7.58. The number of fused-ring (bicyclic) bond motifs is 1. The van der Waals surface area contributed by atoms with Crippen molar-refractivity contribution in [3.8, 4) is 11.5 Å². The van der Waals surface area contributed by atoms with Crippen molar-refractivity contribution >= 4 is 16.8 Å². The molecule has 1 amide bonds. The van der Waals surface area contributed by atoms with Gasteiger partial charge in [0.2, 0.25) is 5.91 Å². The summed E-state index contributed by atoms with van der Waals surface area (Å²) in [4.78, 5) is 18.4. The zero-order chi connectivity index (χ0) is 22.4. The van der Waals surface area contributed by atoms with Gasteiger partial charge >= 0.3 is 0 Å². The number of methoxy groups -OCH3 is 2. The molecule has 1 unspecified atom stereocenters. The predicted molar refractivity (Wildman–Crippen MR) is 125 cm³/mol. The van der Waals surface area contributed by atoms with Crippen molar-refractivity contribution in [2.75, 3.05) is 41.4 Å². The van der Waals surface area contributed by atoms with Crippen LogP contribution in [0.25, 0.3) is 10.9 Å². The zero-order valence-corrected chi connectivity index (χ0v) is 19.1. The summed E-state index contributed by atoms with van der Waals surface area (Å²) in [5.74, 6) is 1.31. The molecule has 0 radical (unpaired) electrons. The molecule has 2 N–H and O–H groups in total. The van der Waals surface area contributed by atoms with Crippen LogP contribution in [-0.2, 0) is 11.2 Å². The molecule has 0 saturated carbocycles. The van der Waals surface area contributed by atoms with Gasteiger partial charge in [-0.1, -0.05) is 25.1 Å². The number of rotatable bonds is 10. The van der Waals surface area contributed by atoms with Gasteiger partial charge in [0.1, 0.15) is 11.5 Å². The third-order valence-electron chi connectivity index (χ3n) is 5.64. The molecule has 0 saturated heterocycles. The number of para-hydroxylation sites is 1. The van der Waals surface area contributed by atoms with E-state index in [1.807, 2.05) is 38.5 Å². The van der Waals surface area contributed by atoms with Gasteiger partial charge in [0.15, 0.2) is 0 Å². The van der Waals surface area contributed by atoms with Gasteiger partial charge in [-0.2, -0.15) is 0 Å². The summed E-state index contributed by atoms with van der Waals surface area (Å²) >= 11 is 0. The number of amides is 1. The van der Waals surface area contributed by atoms with Gasteiger partial charge in [0.25, 0.3) is 0 Å². The van der Waals surface area contributed by atoms with E-state index in [-0.39, 0.29) is 11.8 Å². The molecule has 0 spiro atoms. The van der Waals surface area contributed by atoms with Crippen molar-refractivity contribution in [1.29, 1.82) is 0 Å². The van der Waals surface area contributed by atoms with Crippen LogP contribution in [0.5, 0.6) is 11.5 Å². The predicted octanol–water partition coefficient (Wildman–Crippen LogP) is 3.95. The second-order valence-electron chi connectivity index (χ2n) is 7.99. The summed E-state index contributed by atoms with van der Waals surface area (Å²) in [6.45, 7) is 3.57. The number of aromatic nitrogens is 1. The van der Waals surface area contributed by atoms with Gasteiger partial charge in [0, 0.05) is 48.6 Å². The van der Waals surface area contributed by atoms with Crippen molar-refractivity contribution in [1.82, 2.24) is 15.2 Å². The average Bonchev–Trinajstić information content (AvgIpc) is 3.20. The number of aromatic amines is 1. The minimum atomic E-state index is -0.135. The van der Waals surface area contributed by atoms with Gasteiger partial charge in [-0.3, -0.25) is 4.79 Å². The first kappa shape index (κ1) is 22.7. The Hall–Kier alpha value is -2.99. The molecular formula is C25H33N3O3. The van der Waals surface area contributed by atoms with Crippen molar-refractivity contribution in [3.05, 3.63) is 59.3 Å². The number of nitrogens with one attached hydrogen (secondary N) is 2. The van der Waals surface area contributed by atoms with Gasteiger partial charge in [0.05, 0.1) is 14.2 Å². The summed E-state index contributed by atoms with van der Waals surface area (Å²) in [6.07, 6.45) is 3.32. The van der Waals surface area contributed by atoms with E-state index in [0.717, 1.165) is 35.0 Å². The zero-order valence-electron chi connectivity index (χ0n) is 19.1. The van der Waals surface area contributed by atoms with E-state index >= 15 is 0 Å². The minimum Gasteiger partial charge on any atom is -0.497 e. The number of likely N-dealkylation sites (N-methyl/N-ethyl adjacent to an activating group) is 1. The lowest BCUT2D eigenvalue weighted by molar-refractivity contribution is -0.121. The van der Waals surface area contributed by atoms with Gasteiger partial charge in [-0.15, -0.1) is 0 Å². The Morgan fingerprint density at radius 1 is 1.13 bits per heavy atom. The Balaban J connectivity index is 2.02. The molecule has 0 bridgehead atoms. The van der Waals surface area contributed by atoms with Crippen LogP contribution in [0.3, 0.4) is 0 Å². The van der Waals surface area contributed by atoms with Crippen molar-refractivity contribution < 1.29 is 14.3 Å². The maximum absolute atomic E-state index is 12.9. The van der Waals surface area contributed by atoms with E-state index in [0.29, 0.717) is 24.5 Å². The van der Waals surface area contributed by atoms with Crippen LogP contribution >= 0.6 is 0 Å². The number of carbonyl (C=O) groups is 1. The van der Waals surface area contributed by atoms with Gasteiger partial charge in [-0.25, -0.2) is 0 Å². The first-order chi connectivity index (χ1) is 15.0. The Morgan fingerprint density at radius 3 is 2.45 bits per heavy atom. The number of aryl methyl sites for hydroxylation is 1. The second-order valence-corrected chi connectivity index (χ2v) is 7.99. The van der Waals surface area contributed by atoms with Crippen molar-refractivity contribution in [2.45, 2.75) is 25.7 Å². The fourth-order valence-corrected chi connectivity index (χ4v) is 3.94. The SMILES string of the molecule is CCc1cccc2c(C(CC(=O)NCCN(C)C)c3cc(OC)cc(OC)c3)c[nH]c12. The van der Waals surface area contributed by atoms with Gasteiger partial charge in [-0.05, 0) is 49.3 Å². The first-order valence-corrected chi connectivity index (χ1v) is 10.7. The summed E-state index contributed by atoms with van der Waals surface area (Å²) in [5, 5.41) is 4.20. The highest BCUT2D eigenvalue weighted by atomic mass is 16.5. The Bertz CT molecular complexity index is 1000. The lowest BCUT2D eigenvalue weighted by atomic mass is 9.87. The number of hydrogen-bond acceptors (Lipinski definition) is 4. The van der Waals surface area contributed by atoms with Crippen LogP contribution in [0.2, 0.25) is 0 Å². The molecule has 0 aliphatic rings. The Morgan fingerprint density at radius 2 is 1.84 bits per heavy atom. The quantitative estimate of drug-likeness (QED) is 0.518. The van der Waals surface area contributed by atoms with Crippen LogP contribution in [-0.4, -0.2) is 57.2 Å². The van der Waals surface area contributed by atoms with Crippen LogP contribution < -0.4 is 14.8 Å². The van der Waals surface area contributed by atoms with E-state index in [2.05, 4.69) is 40.3 Å². The molecule has 6 nitrogen and oxygen atoms in total. The average molecular weight is 424 g/mol. The lowest BCUT2D eigenvalue weighted by Crippen LogP contribution is -2.32. The molecule has 1 heterocycles. The second kappa shape index (κ2) is 10.4. The molecular weight excluding hydrogens is 390 g/mol. The van der Waals surface area contributed by atoms with E-state index in [1.54, 1.807) is 14.2 Å². The van der Waals surface area contributed by atoms with Crippen molar-refractivity contribution in [2.24, 2.45) is 0 Å². The van der Waals surface area contributed by atoms with E-state index < -0.39 is 0 Å². The topological polar surface area (TPSA) is 66.6 Å². The molecule has 2 aromatic carbocycles. The summed E-state index contributed by atoms with van der Waals surface area (Å²) in [6, 6.07) is 12.2. The maximum Gasteiger partial charge on any atom is 0.220 e. The largest absolute Gasteiger partial charge is 0.497 e. The van der Waals surface area contributed by atoms with E-state index in [9.17, 15) is 4.79 Å². The Labute approximate surface area is 184 Å². The summed E-state index contributed by atoms with van der Waals surface area (Å²) in [7, 11) is 7.27. The van der Waals surface area contributed by atoms with Crippen LogP contribution in [0, 0.1) is 0 Å². The van der Waals surface area contributed by atoms with Crippen LogP contribution in [0.4, 0.5) is 0 Å². The molecule has 3 aromatic rings. The minimum absolute atomic E-state index is 0.0228. The maximum atomic E-state index is 12.9. The molecule has 0 aliphatic carbocycles. The molecule has 0 fully saturated rings. The molecule has 31 heavy (non-hydrogen) atoms. The normalized spacial score (nSPS) is 12.2. The number of carbonyl (C=O) groups excluding carboxylic acids is 1. The number of nitrogens with zero attached hydrogens (tertiary/aromatic N) is 1. The van der Waals surface area contributed by atoms with Crippen molar-refractivity contribution in [3.63, 3.8) is 0 Å². The van der Waals surface area contributed by atoms with Crippen LogP contribution in [0.15, 0.2) is 42.6 Å².